The fourth-order valence-corrected chi connectivity index (χ4v) is 2.81. The van der Waals surface area contributed by atoms with Crippen molar-refractivity contribution in [3.8, 4) is 0 Å². The van der Waals surface area contributed by atoms with Gasteiger partial charge in [0.05, 0.1) is 24.4 Å². The molecule has 0 aromatic carbocycles. The second-order valence-corrected chi connectivity index (χ2v) is 5.34. The number of hydrogen-bond donors (Lipinski definition) is 1. The summed E-state index contributed by atoms with van der Waals surface area (Å²) in [4.78, 5) is 0. The van der Waals surface area contributed by atoms with Crippen LogP contribution in [-0.2, 0) is 16.0 Å². The van der Waals surface area contributed by atoms with E-state index in [9.17, 15) is 0 Å². The molecule has 2 saturated heterocycles. The molecule has 1 N–H and O–H groups in total. The summed E-state index contributed by atoms with van der Waals surface area (Å²) in [5.41, 5.74) is 0.896. The Balaban J connectivity index is 1.53. The first kappa shape index (κ1) is 12.1. The highest BCUT2D eigenvalue weighted by atomic mass is 16.6. The van der Waals surface area contributed by atoms with E-state index in [-0.39, 0.29) is 5.60 Å². The van der Waals surface area contributed by atoms with Crippen LogP contribution in [-0.4, -0.2) is 36.6 Å². The molecule has 1 spiro atoms. The van der Waals surface area contributed by atoms with Gasteiger partial charge in [-0.15, -0.1) is 0 Å². The summed E-state index contributed by atoms with van der Waals surface area (Å²) in [6, 6.07) is 2.45. The molecule has 2 atom stereocenters. The lowest BCUT2D eigenvalue weighted by Gasteiger charge is -2.37. The maximum Gasteiger partial charge on any atom is 0.150 e. The van der Waals surface area contributed by atoms with Gasteiger partial charge in [-0.05, 0) is 19.8 Å². The van der Waals surface area contributed by atoms with Gasteiger partial charge in [0.25, 0.3) is 0 Å². The Bertz CT molecular complexity index is 399. The highest BCUT2D eigenvalue weighted by Crippen LogP contribution is 2.32. The number of aromatic nitrogens is 1. The topological polar surface area (TPSA) is 56.5 Å². The van der Waals surface area contributed by atoms with E-state index >= 15 is 0 Å². The fraction of sp³-hybridized carbons (Fsp3) is 0.769. The van der Waals surface area contributed by atoms with Gasteiger partial charge < -0.3 is 19.3 Å². The van der Waals surface area contributed by atoms with Gasteiger partial charge >= 0.3 is 0 Å². The highest BCUT2D eigenvalue weighted by Gasteiger charge is 2.40. The van der Waals surface area contributed by atoms with Crippen molar-refractivity contribution >= 4 is 0 Å². The first-order chi connectivity index (χ1) is 8.76. The van der Waals surface area contributed by atoms with Crippen LogP contribution in [0.5, 0.6) is 0 Å². The number of nitrogens with zero attached hydrogens (tertiary/aromatic N) is 1. The van der Waals surface area contributed by atoms with E-state index in [1.54, 1.807) is 0 Å². The molecule has 18 heavy (non-hydrogen) atoms. The first-order valence-electron chi connectivity index (χ1n) is 6.63. The summed E-state index contributed by atoms with van der Waals surface area (Å²) in [5.74, 6) is 0.899. The summed E-state index contributed by atoms with van der Waals surface area (Å²) in [6.07, 6.45) is 3.10. The number of rotatable bonds is 3. The van der Waals surface area contributed by atoms with Gasteiger partial charge in [-0.25, -0.2) is 0 Å². The minimum absolute atomic E-state index is 0.0345. The average Bonchev–Trinajstić information content (AvgIpc) is 2.97. The second kappa shape index (κ2) is 4.99. The van der Waals surface area contributed by atoms with Gasteiger partial charge in [-0.2, -0.15) is 0 Å². The van der Waals surface area contributed by atoms with Crippen molar-refractivity contribution in [2.75, 3.05) is 19.8 Å². The van der Waals surface area contributed by atoms with E-state index in [0.717, 1.165) is 57.1 Å². The van der Waals surface area contributed by atoms with E-state index in [1.165, 1.54) is 0 Å². The van der Waals surface area contributed by atoms with Crippen LogP contribution in [0, 0.1) is 6.92 Å². The molecule has 5 nitrogen and oxygen atoms in total. The molecule has 5 heteroatoms. The van der Waals surface area contributed by atoms with Crippen LogP contribution in [0.25, 0.3) is 0 Å². The van der Waals surface area contributed by atoms with Crippen molar-refractivity contribution in [3.63, 3.8) is 0 Å². The Hall–Kier alpha value is -0.910. The molecule has 0 amide bonds. The Morgan fingerprint density at radius 3 is 3.17 bits per heavy atom. The summed E-state index contributed by atoms with van der Waals surface area (Å²) in [7, 11) is 0. The number of nitrogens with one attached hydrogen (secondary N) is 1. The van der Waals surface area contributed by atoms with Crippen molar-refractivity contribution in [2.24, 2.45) is 0 Å². The predicted octanol–water partition coefficient (Wildman–Crippen LogP) is 1.41. The van der Waals surface area contributed by atoms with E-state index in [1.807, 2.05) is 13.0 Å². The maximum absolute atomic E-state index is 5.91. The molecule has 0 bridgehead atoms. The Morgan fingerprint density at radius 1 is 1.50 bits per heavy atom. The fourth-order valence-electron chi connectivity index (χ4n) is 2.81. The maximum atomic E-state index is 5.91. The molecule has 2 fully saturated rings. The molecule has 100 valence electrons. The van der Waals surface area contributed by atoms with E-state index in [4.69, 9.17) is 14.0 Å². The van der Waals surface area contributed by atoms with Crippen LogP contribution < -0.4 is 5.32 Å². The SMILES string of the molecule is Cc1cc(CNC2CCOC3(CCOC3)C2)on1. The molecule has 0 radical (unpaired) electrons. The van der Waals surface area contributed by atoms with Gasteiger partial charge in [0, 0.05) is 31.7 Å². The van der Waals surface area contributed by atoms with Gasteiger partial charge in [-0.1, -0.05) is 5.16 Å². The van der Waals surface area contributed by atoms with Crippen molar-refractivity contribution < 1.29 is 14.0 Å². The lowest BCUT2D eigenvalue weighted by molar-refractivity contribution is -0.0896. The Labute approximate surface area is 107 Å². The number of ether oxygens (including phenoxy) is 2. The minimum Gasteiger partial charge on any atom is -0.378 e. The standard InChI is InChI=1S/C13H20N2O3/c1-10-6-12(18-15-10)8-14-11-2-4-17-13(7-11)3-5-16-9-13/h6,11,14H,2-5,7-9H2,1H3. The van der Waals surface area contributed by atoms with E-state index in [0.29, 0.717) is 6.04 Å². The molecule has 3 heterocycles. The van der Waals surface area contributed by atoms with Gasteiger partial charge in [0.2, 0.25) is 0 Å². The second-order valence-electron chi connectivity index (χ2n) is 5.34. The lowest BCUT2D eigenvalue weighted by Crippen LogP contribution is -2.47. The van der Waals surface area contributed by atoms with Gasteiger partial charge in [-0.3, -0.25) is 0 Å². The molecular formula is C13H20N2O3. The molecule has 2 aliphatic heterocycles. The van der Waals surface area contributed by atoms with Crippen LogP contribution in [0.15, 0.2) is 10.6 Å². The largest absolute Gasteiger partial charge is 0.378 e. The third kappa shape index (κ3) is 2.58. The van der Waals surface area contributed by atoms with Crippen LogP contribution in [0.3, 0.4) is 0 Å². The summed E-state index contributed by atoms with van der Waals surface area (Å²) in [6.45, 7) is 5.06. The zero-order chi connectivity index (χ0) is 12.4. The van der Waals surface area contributed by atoms with Crippen LogP contribution >= 0.6 is 0 Å². The predicted molar refractivity (Wildman–Crippen MR) is 65.2 cm³/mol. The smallest absolute Gasteiger partial charge is 0.150 e. The average molecular weight is 252 g/mol. The highest BCUT2D eigenvalue weighted by molar-refractivity contribution is 5.03. The van der Waals surface area contributed by atoms with Crippen molar-refractivity contribution in [1.82, 2.24) is 10.5 Å². The van der Waals surface area contributed by atoms with Crippen molar-refractivity contribution in [2.45, 2.75) is 44.4 Å². The molecule has 2 aliphatic rings. The minimum atomic E-state index is -0.0345. The van der Waals surface area contributed by atoms with Crippen molar-refractivity contribution in [1.29, 1.82) is 0 Å². The molecule has 2 unspecified atom stereocenters. The van der Waals surface area contributed by atoms with E-state index < -0.39 is 0 Å². The zero-order valence-corrected chi connectivity index (χ0v) is 10.8. The number of aryl methyl sites for hydroxylation is 1. The Morgan fingerprint density at radius 2 is 2.44 bits per heavy atom. The quantitative estimate of drug-likeness (QED) is 0.881. The molecule has 0 saturated carbocycles. The summed E-state index contributed by atoms with van der Waals surface area (Å²) in [5, 5.41) is 7.42. The zero-order valence-electron chi connectivity index (χ0n) is 10.8. The van der Waals surface area contributed by atoms with Crippen LogP contribution in [0.1, 0.15) is 30.7 Å². The Kier molecular flexibility index (Phi) is 3.37. The normalized spacial score (nSPS) is 32.2. The van der Waals surface area contributed by atoms with Gasteiger partial charge in [0.15, 0.2) is 5.76 Å². The molecule has 0 aliphatic carbocycles. The van der Waals surface area contributed by atoms with E-state index in [2.05, 4.69) is 10.5 Å². The van der Waals surface area contributed by atoms with Crippen molar-refractivity contribution in [3.05, 3.63) is 17.5 Å². The lowest BCUT2D eigenvalue weighted by atomic mass is 9.89. The molecule has 3 rings (SSSR count). The third-order valence-electron chi connectivity index (χ3n) is 3.80. The molecular weight excluding hydrogens is 232 g/mol. The number of hydrogen-bond acceptors (Lipinski definition) is 5. The summed E-state index contributed by atoms with van der Waals surface area (Å²) >= 11 is 0. The third-order valence-corrected chi connectivity index (χ3v) is 3.80. The monoisotopic (exact) mass is 252 g/mol. The molecule has 1 aromatic rings. The van der Waals surface area contributed by atoms with Gasteiger partial charge in [0.1, 0.15) is 0 Å². The first-order valence-corrected chi connectivity index (χ1v) is 6.63. The van der Waals surface area contributed by atoms with Crippen LogP contribution in [0.4, 0.5) is 0 Å². The molecule has 1 aromatic heterocycles. The van der Waals surface area contributed by atoms with Crippen LogP contribution in [0.2, 0.25) is 0 Å². The summed E-state index contributed by atoms with van der Waals surface area (Å²) < 4.78 is 16.6.